The van der Waals surface area contributed by atoms with Crippen LogP contribution in [0.15, 0.2) is 35.1 Å². The van der Waals surface area contributed by atoms with Gasteiger partial charge in [0.15, 0.2) is 11.2 Å². The molecule has 0 aliphatic carbocycles. The number of carbonyl (C=O) groups is 1. The number of hydrogen-bond donors (Lipinski definition) is 2. The number of anilines is 1. The molecular formula is C19H20N4O2. The largest absolute Gasteiger partial charge is 0.358 e. The molecule has 1 aliphatic heterocycles. The molecule has 1 aliphatic rings. The lowest BCUT2D eigenvalue weighted by Crippen LogP contribution is -2.24. The Bertz CT molecular complexity index is 1030. The number of hydrogen-bond acceptors (Lipinski definition) is 3. The van der Waals surface area contributed by atoms with E-state index in [0.29, 0.717) is 17.6 Å². The maximum absolute atomic E-state index is 12.5. The van der Waals surface area contributed by atoms with Gasteiger partial charge < -0.3 is 10.3 Å². The number of nitrogens with zero attached hydrogens (tertiary/aromatic N) is 2. The number of aryl methyl sites for hydroxylation is 1. The Morgan fingerprint density at radius 1 is 1.28 bits per heavy atom. The van der Waals surface area contributed by atoms with E-state index in [1.165, 1.54) is 0 Å². The Labute approximate surface area is 144 Å². The summed E-state index contributed by atoms with van der Waals surface area (Å²) in [7, 11) is 0. The average molecular weight is 336 g/mol. The number of benzene rings is 1. The molecule has 1 amide bonds. The first-order valence-corrected chi connectivity index (χ1v) is 8.57. The monoisotopic (exact) mass is 336 g/mol. The molecule has 25 heavy (non-hydrogen) atoms. The molecule has 2 N–H and O–H groups in total. The second kappa shape index (κ2) is 5.88. The van der Waals surface area contributed by atoms with Gasteiger partial charge in [-0.3, -0.25) is 14.3 Å². The van der Waals surface area contributed by atoms with Crippen LogP contribution >= 0.6 is 0 Å². The third kappa shape index (κ3) is 2.54. The molecule has 3 aromatic rings. The topological polar surface area (TPSA) is 79.8 Å². The van der Waals surface area contributed by atoms with Crippen LogP contribution in [0.25, 0.3) is 10.9 Å². The molecule has 1 unspecified atom stereocenters. The van der Waals surface area contributed by atoms with Crippen molar-refractivity contribution >= 4 is 22.6 Å². The molecule has 0 saturated carbocycles. The minimum Gasteiger partial charge on any atom is -0.358 e. The number of pyridine rings is 1. The molecule has 0 radical (unpaired) electrons. The van der Waals surface area contributed by atoms with Crippen LogP contribution in [0, 0.1) is 6.92 Å². The quantitative estimate of drug-likeness (QED) is 0.772. The number of carbonyl (C=O) groups excluding carboxylic acids is 1. The maximum Gasteiger partial charge on any atom is 0.226 e. The number of rotatable bonds is 3. The van der Waals surface area contributed by atoms with E-state index < -0.39 is 0 Å². The van der Waals surface area contributed by atoms with Gasteiger partial charge in [0, 0.05) is 52.8 Å². The molecule has 6 heteroatoms. The van der Waals surface area contributed by atoms with E-state index in [0.717, 1.165) is 35.4 Å². The Kier molecular flexibility index (Phi) is 3.67. The molecule has 2 aromatic heterocycles. The summed E-state index contributed by atoms with van der Waals surface area (Å²) in [6.45, 7) is 4.91. The summed E-state index contributed by atoms with van der Waals surface area (Å²) >= 11 is 0. The Morgan fingerprint density at radius 3 is 2.88 bits per heavy atom. The lowest BCUT2D eigenvalue weighted by molar-refractivity contribution is -0.116. The van der Waals surface area contributed by atoms with E-state index in [4.69, 9.17) is 0 Å². The lowest BCUT2D eigenvalue weighted by Gasteiger charge is -2.23. The van der Waals surface area contributed by atoms with E-state index in [1.807, 2.05) is 35.9 Å². The van der Waals surface area contributed by atoms with Crippen molar-refractivity contribution in [3.05, 3.63) is 57.5 Å². The van der Waals surface area contributed by atoms with Gasteiger partial charge in [0.1, 0.15) is 0 Å². The Morgan fingerprint density at radius 2 is 2.08 bits per heavy atom. The smallest absolute Gasteiger partial charge is 0.226 e. The fraction of sp³-hybridized carbons (Fsp3) is 0.316. The summed E-state index contributed by atoms with van der Waals surface area (Å²) in [5.74, 6) is 0.348. The Hall–Kier alpha value is -2.89. The van der Waals surface area contributed by atoms with Crippen LogP contribution in [0.1, 0.15) is 42.6 Å². The lowest BCUT2D eigenvalue weighted by atomic mass is 9.88. The third-order valence-corrected chi connectivity index (χ3v) is 4.82. The van der Waals surface area contributed by atoms with Crippen molar-refractivity contribution in [3.8, 4) is 0 Å². The predicted octanol–water partition coefficient (Wildman–Crippen LogP) is 2.92. The van der Waals surface area contributed by atoms with Crippen LogP contribution in [0.2, 0.25) is 0 Å². The summed E-state index contributed by atoms with van der Waals surface area (Å²) in [5, 5.41) is 8.07. The first-order chi connectivity index (χ1) is 12.1. The van der Waals surface area contributed by atoms with Gasteiger partial charge in [0.25, 0.3) is 0 Å². The predicted molar refractivity (Wildman–Crippen MR) is 96.9 cm³/mol. The van der Waals surface area contributed by atoms with Crippen LogP contribution < -0.4 is 10.7 Å². The normalized spacial score (nSPS) is 16.7. The van der Waals surface area contributed by atoms with Crippen LogP contribution in [0.3, 0.4) is 0 Å². The number of aromatic amines is 1. The summed E-state index contributed by atoms with van der Waals surface area (Å²) in [6, 6.07) is 9.05. The molecule has 128 valence electrons. The number of nitrogens with one attached hydrogen (secondary N) is 2. The van der Waals surface area contributed by atoms with Crippen LogP contribution in [0.5, 0.6) is 0 Å². The molecule has 0 spiro atoms. The highest BCUT2D eigenvalue weighted by molar-refractivity contribution is 5.94. The van der Waals surface area contributed by atoms with E-state index in [-0.39, 0.29) is 17.3 Å². The highest BCUT2D eigenvalue weighted by Crippen LogP contribution is 2.38. The van der Waals surface area contributed by atoms with Crippen molar-refractivity contribution in [2.75, 3.05) is 5.32 Å². The molecule has 0 saturated heterocycles. The number of fused-ring (bicyclic) bond motifs is 2. The minimum absolute atomic E-state index is 0.0320. The first-order valence-electron chi connectivity index (χ1n) is 8.57. The second-order valence-electron chi connectivity index (χ2n) is 6.51. The van der Waals surface area contributed by atoms with Gasteiger partial charge in [0.05, 0.1) is 0 Å². The van der Waals surface area contributed by atoms with E-state index in [2.05, 4.69) is 22.3 Å². The van der Waals surface area contributed by atoms with Gasteiger partial charge in [0.2, 0.25) is 5.91 Å². The zero-order chi connectivity index (χ0) is 17.6. The highest BCUT2D eigenvalue weighted by Gasteiger charge is 2.32. The molecule has 4 rings (SSSR count). The molecule has 0 bridgehead atoms. The molecule has 3 heterocycles. The summed E-state index contributed by atoms with van der Waals surface area (Å²) in [5.41, 5.74) is 3.56. The standard InChI is InChI=1S/C19H20N4O2/c1-3-8-23-11(2)18-13(9-17(25)21-19(18)22-23)15-10-16(24)12-6-4-5-7-14(12)20-15/h4-7,10,13H,3,8-9H2,1-2H3,(H,20,24)(H,21,22,25). The molecule has 1 aromatic carbocycles. The van der Waals surface area contributed by atoms with Crippen molar-refractivity contribution in [2.24, 2.45) is 0 Å². The number of aromatic nitrogens is 3. The van der Waals surface area contributed by atoms with Gasteiger partial charge >= 0.3 is 0 Å². The number of para-hydroxylation sites is 1. The third-order valence-electron chi connectivity index (χ3n) is 4.82. The van der Waals surface area contributed by atoms with Crippen LogP contribution in [-0.4, -0.2) is 20.7 Å². The molecular weight excluding hydrogens is 316 g/mol. The van der Waals surface area contributed by atoms with Gasteiger partial charge in [-0.1, -0.05) is 19.1 Å². The summed E-state index contributed by atoms with van der Waals surface area (Å²) < 4.78 is 1.93. The highest BCUT2D eigenvalue weighted by atomic mass is 16.1. The van der Waals surface area contributed by atoms with Crippen molar-refractivity contribution in [3.63, 3.8) is 0 Å². The van der Waals surface area contributed by atoms with E-state index in [9.17, 15) is 9.59 Å². The molecule has 0 fully saturated rings. The van der Waals surface area contributed by atoms with Crippen molar-refractivity contribution in [1.29, 1.82) is 0 Å². The number of amides is 1. The number of H-pyrrole nitrogens is 1. The van der Waals surface area contributed by atoms with Gasteiger partial charge in [-0.05, 0) is 25.5 Å². The van der Waals surface area contributed by atoms with Gasteiger partial charge in [-0.25, -0.2) is 0 Å². The van der Waals surface area contributed by atoms with Crippen molar-refractivity contribution in [2.45, 2.75) is 39.2 Å². The summed E-state index contributed by atoms with van der Waals surface area (Å²) in [4.78, 5) is 28.0. The minimum atomic E-state index is -0.188. The average Bonchev–Trinajstić information content (AvgIpc) is 2.90. The van der Waals surface area contributed by atoms with Crippen molar-refractivity contribution < 1.29 is 4.79 Å². The van der Waals surface area contributed by atoms with Crippen LogP contribution in [0.4, 0.5) is 5.82 Å². The Balaban J connectivity index is 1.89. The van der Waals surface area contributed by atoms with E-state index >= 15 is 0 Å². The van der Waals surface area contributed by atoms with Crippen molar-refractivity contribution in [1.82, 2.24) is 14.8 Å². The maximum atomic E-state index is 12.5. The molecule has 1 atom stereocenters. The second-order valence-corrected chi connectivity index (χ2v) is 6.51. The van der Waals surface area contributed by atoms with Gasteiger partial charge in [-0.2, -0.15) is 5.10 Å². The van der Waals surface area contributed by atoms with E-state index in [1.54, 1.807) is 6.07 Å². The first kappa shape index (κ1) is 15.6. The SMILES string of the molecule is CCCn1nc2c(c1C)C(c1cc(=O)c3ccccc3[nH]1)CC(=O)N2. The summed E-state index contributed by atoms with van der Waals surface area (Å²) in [6.07, 6.45) is 1.27. The zero-order valence-electron chi connectivity index (χ0n) is 14.3. The molecule has 6 nitrogen and oxygen atoms in total. The fourth-order valence-corrected chi connectivity index (χ4v) is 3.64. The fourth-order valence-electron chi connectivity index (χ4n) is 3.64. The van der Waals surface area contributed by atoms with Crippen LogP contribution in [-0.2, 0) is 11.3 Å². The van der Waals surface area contributed by atoms with Gasteiger partial charge in [-0.15, -0.1) is 0 Å². The zero-order valence-corrected chi connectivity index (χ0v) is 14.3.